The van der Waals surface area contributed by atoms with Gasteiger partial charge in [0.25, 0.3) is 0 Å². The lowest BCUT2D eigenvalue weighted by atomic mass is 9.92. The Hall–Kier alpha value is -1.25. The number of nitrogens with zero attached hydrogens (tertiary/aromatic N) is 1. The van der Waals surface area contributed by atoms with Crippen LogP contribution in [0.2, 0.25) is 0 Å². The summed E-state index contributed by atoms with van der Waals surface area (Å²) in [4.78, 5) is 4.21. The molecule has 3 nitrogen and oxygen atoms in total. The molecule has 0 aliphatic heterocycles. The largest absolute Gasteiger partial charge is 0.387 e. The van der Waals surface area contributed by atoms with Crippen LogP contribution in [0.25, 0.3) is 0 Å². The summed E-state index contributed by atoms with van der Waals surface area (Å²) in [6, 6.07) is 2.71. The summed E-state index contributed by atoms with van der Waals surface area (Å²) in [7, 11) is 1.92. The van der Waals surface area contributed by atoms with Crippen LogP contribution in [0.4, 0.5) is 11.4 Å². The van der Waals surface area contributed by atoms with Crippen molar-refractivity contribution in [2.75, 3.05) is 17.7 Å². The standard InChI is InChI=1S/C13H21N3/c1-13(2)5-4-10(7-13)16-12-6-11(14-3)8-15-9-12/h6,8-10,14,16H,4-5,7H2,1-3H3. The van der Waals surface area contributed by atoms with Gasteiger partial charge in [0, 0.05) is 13.1 Å². The van der Waals surface area contributed by atoms with Crippen LogP contribution in [0.1, 0.15) is 33.1 Å². The molecule has 0 aromatic carbocycles. The minimum atomic E-state index is 0.492. The van der Waals surface area contributed by atoms with Crippen molar-refractivity contribution in [3.8, 4) is 0 Å². The molecule has 2 N–H and O–H groups in total. The summed E-state index contributed by atoms with van der Waals surface area (Å²) in [6.07, 6.45) is 7.55. The molecule has 1 saturated carbocycles. The topological polar surface area (TPSA) is 37.0 Å². The van der Waals surface area contributed by atoms with Gasteiger partial charge in [0.15, 0.2) is 0 Å². The molecular formula is C13H21N3. The highest BCUT2D eigenvalue weighted by molar-refractivity contribution is 5.54. The van der Waals surface area contributed by atoms with Crippen LogP contribution < -0.4 is 10.6 Å². The maximum Gasteiger partial charge on any atom is 0.0549 e. The molecule has 0 amide bonds. The predicted octanol–water partition coefficient (Wildman–Crippen LogP) is 3.11. The Bertz CT molecular complexity index is 360. The van der Waals surface area contributed by atoms with Gasteiger partial charge in [-0.15, -0.1) is 0 Å². The molecule has 0 saturated heterocycles. The Kier molecular flexibility index (Phi) is 3.03. The first-order valence-electron chi connectivity index (χ1n) is 5.98. The molecule has 1 aromatic rings. The van der Waals surface area contributed by atoms with E-state index in [4.69, 9.17) is 0 Å². The number of hydrogen-bond acceptors (Lipinski definition) is 3. The lowest BCUT2D eigenvalue weighted by Gasteiger charge is -2.18. The van der Waals surface area contributed by atoms with E-state index >= 15 is 0 Å². The maximum absolute atomic E-state index is 4.21. The average molecular weight is 219 g/mol. The van der Waals surface area contributed by atoms with Crippen molar-refractivity contribution < 1.29 is 0 Å². The fourth-order valence-corrected chi connectivity index (χ4v) is 2.45. The van der Waals surface area contributed by atoms with E-state index in [2.05, 4.69) is 35.5 Å². The Morgan fingerprint density at radius 2 is 2.06 bits per heavy atom. The zero-order valence-electron chi connectivity index (χ0n) is 10.4. The molecule has 3 heteroatoms. The number of hydrogen-bond donors (Lipinski definition) is 2. The molecular weight excluding hydrogens is 198 g/mol. The van der Waals surface area contributed by atoms with E-state index in [1.54, 1.807) is 0 Å². The Morgan fingerprint density at radius 3 is 2.69 bits per heavy atom. The summed E-state index contributed by atoms with van der Waals surface area (Å²) in [5.74, 6) is 0. The SMILES string of the molecule is CNc1cncc(NC2CCC(C)(C)C2)c1. The molecule has 1 unspecified atom stereocenters. The molecule has 0 radical (unpaired) electrons. The second kappa shape index (κ2) is 4.32. The first-order chi connectivity index (χ1) is 7.59. The fourth-order valence-electron chi connectivity index (χ4n) is 2.45. The highest BCUT2D eigenvalue weighted by atomic mass is 15.0. The Balaban J connectivity index is 1.99. The molecule has 1 fully saturated rings. The van der Waals surface area contributed by atoms with Crippen LogP contribution in [0.5, 0.6) is 0 Å². The van der Waals surface area contributed by atoms with Crippen molar-refractivity contribution in [3.63, 3.8) is 0 Å². The van der Waals surface area contributed by atoms with E-state index in [1.807, 2.05) is 19.4 Å². The lowest BCUT2D eigenvalue weighted by Crippen LogP contribution is -2.17. The van der Waals surface area contributed by atoms with E-state index in [-0.39, 0.29) is 0 Å². The van der Waals surface area contributed by atoms with E-state index in [9.17, 15) is 0 Å². The van der Waals surface area contributed by atoms with Gasteiger partial charge in [0.2, 0.25) is 0 Å². The van der Waals surface area contributed by atoms with Crippen LogP contribution in [0.3, 0.4) is 0 Å². The predicted molar refractivity (Wildman–Crippen MR) is 68.8 cm³/mol. The van der Waals surface area contributed by atoms with Gasteiger partial charge in [-0.2, -0.15) is 0 Å². The van der Waals surface area contributed by atoms with Gasteiger partial charge < -0.3 is 10.6 Å². The van der Waals surface area contributed by atoms with E-state index in [0.29, 0.717) is 11.5 Å². The van der Waals surface area contributed by atoms with E-state index in [0.717, 1.165) is 11.4 Å². The monoisotopic (exact) mass is 219 g/mol. The third kappa shape index (κ3) is 2.65. The number of rotatable bonds is 3. The third-order valence-corrected chi connectivity index (χ3v) is 3.37. The molecule has 1 aromatic heterocycles. The Morgan fingerprint density at radius 1 is 1.31 bits per heavy atom. The first-order valence-corrected chi connectivity index (χ1v) is 5.98. The number of anilines is 2. The number of aromatic nitrogens is 1. The third-order valence-electron chi connectivity index (χ3n) is 3.37. The van der Waals surface area contributed by atoms with Gasteiger partial charge in [-0.3, -0.25) is 4.98 Å². The van der Waals surface area contributed by atoms with Crippen molar-refractivity contribution in [3.05, 3.63) is 18.5 Å². The van der Waals surface area contributed by atoms with Crippen LogP contribution >= 0.6 is 0 Å². The Labute approximate surface area is 97.7 Å². The average Bonchev–Trinajstić information content (AvgIpc) is 2.58. The first kappa shape index (κ1) is 11.2. The van der Waals surface area contributed by atoms with Gasteiger partial charge >= 0.3 is 0 Å². The molecule has 1 aliphatic rings. The summed E-state index contributed by atoms with van der Waals surface area (Å²) in [5, 5.41) is 6.67. The second-order valence-electron chi connectivity index (χ2n) is 5.46. The van der Waals surface area contributed by atoms with Crippen molar-refractivity contribution in [1.82, 2.24) is 4.98 Å². The number of pyridine rings is 1. The van der Waals surface area contributed by atoms with E-state index in [1.165, 1.54) is 19.3 Å². The summed E-state index contributed by atoms with van der Waals surface area (Å²) in [6.45, 7) is 4.69. The lowest BCUT2D eigenvalue weighted by molar-refractivity contribution is 0.378. The van der Waals surface area contributed by atoms with Crippen molar-refractivity contribution >= 4 is 11.4 Å². The highest BCUT2D eigenvalue weighted by Gasteiger charge is 2.30. The van der Waals surface area contributed by atoms with Crippen LogP contribution in [-0.4, -0.2) is 18.1 Å². The smallest absolute Gasteiger partial charge is 0.0549 e. The molecule has 1 aliphatic carbocycles. The molecule has 2 rings (SSSR count). The van der Waals surface area contributed by atoms with Gasteiger partial charge in [-0.25, -0.2) is 0 Å². The minimum Gasteiger partial charge on any atom is -0.387 e. The molecule has 16 heavy (non-hydrogen) atoms. The number of nitrogens with one attached hydrogen (secondary N) is 2. The van der Waals surface area contributed by atoms with Crippen LogP contribution in [0.15, 0.2) is 18.5 Å². The quantitative estimate of drug-likeness (QED) is 0.820. The van der Waals surface area contributed by atoms with E-state index < -0.39 is 0 Å². The summed E-state index contributed by atoms with van der Waals surface area (Å²) in [5.41, 5.74) is 2.67. The highest BCUT2D eigenvalue weighted by Crippen LogP contribution is 2.38. The fraction of sp³-hybridized carbons (Fsp3) is 0.615. The normalized spacial score (nSPS) is 23.1. The summed E-state index contributed by atoms with van der Waals surface area (Å²) < 4.78 is 0. The molecule has 1 atom stereocenters. The molecule has 88 valence electrons. The summed E-state index contributed by atoms with van der Waals surface area (Å²) >= 11 is 0. The maximum atomic E-state index is 4.21. The van der Waals surface area contributed by atoms with Crippen molar-refractivity contribution in [1.29, 1.82) is 0 Å². The van der Waals surface area contributed by atoms with Crippen molar-refractivity contribution in [2.24, 2.45) is 5.41 Å². The zero-order valence-corrected chi connectivity index (χ0v) is 10.4. The molecule has 1 heterocycles. The molecule has 0 bridgehead atoms. The molecule has 0 spiro atoms. The zero-order chi connectivity index (χ0) is 11.6. The van der Waals surface area contributed by atoms with Crippen LogP contribution in [-0.2, 0) is 0 Å². The second-order valence-corrected chi connectivity index (χ2v) is 5.46. The van der Waals surface area contributed by atoms with Gasteiger partial charge in [-0.1, -0.05) is 13.8 Å². The van der Waals surface area contributed by atoms with Gasteiger partial charge in [0.1, 0.15) is 0 Å². The minimum absolute atomic E-state index is 0.492. The van der Waals surface area contributed by atoms with Crippen molar-refractivity contribution in [2.45, 2.75) is 39.2 Å². The van der Waals surface area contributed by atoms with Gasteiger partial charge in [0.05, 0.1) is 23.8 Å². The van der Waals surface area contributed by atoms with Crippen LogP contribution in [0, 0.1) is 5.41 Å². The van der Waals surface area contributed by atoms with Gasteiger partial charge in [-0.05, 0) is 30.7 Å².